The first-order chi connectivity index (χ1) is 7.31. The van der Waals surface area contributed by atoms with Crippen LogP contribution in [0.15, 0.2) is 35.7 Å². The van der Waals surface area contributed by atoms with E-state index in [0.717, 1.165) is 11.3 Å². The molecule has 4 nitrogen and oxygen atoms in total. The number of nitrogens with two attached hydrogens (primary N) is 1. The van der Waals surface area contributed by atoms with Crippen LogP contribution in [-0.4, -0.2) is 10.9 Å². The molecule has 2 aromatic rings. The highest BCUT2D eigenvalue weighted by Crippen LogP contribution is 2.21. The number of nitrogen functional groups attached to an aromatic ring is 1. The third kappa shape index (κ3) is 2.03. The van der Waals surface area contributed by atoms with Gasteiger partial charge in [0.15, 0.2) is 5.01 Å². The molecule has 0 aliphatic carbocycles. The molecular formula is C10H9N3OS. The first-order valence-electron chi connectivity index (χ1n) is 4.33. The molecule has 1 heterocycles. The Hall–Kier alpha value is -1.72. The van der Waals surface area contributed by atoms with Crippen molar-refractivity contribution >= 4 is 17.2 Å². The number of nitrogens with zero attached hydrogens (tertiary/aromatic N) is 1. The van der Waals surface area contributed by atoms with Gasteiger partial charge in [-0.15, -0.1) is 11.3 Å². The van der Waals surface area contributed by atoms with E-state index < -0.39 is 0 Å². The molecule has 2 rings (SSSR count). The van der Waals surface area contributed by atoms with E-state index in [4.69, 9.17) is 5.84 Å². The molecule has 1 aromatic heterocycles. The average molecular weight is 219 g/mol. The number of benzene rings is 1. The molecule has 1 amide bonds. The Morgan fingerprint density at radius 1 is 1.33 bits per heavy atom. The van der Waals surface area contributed by atoms with E-state index >= 15 is 0 Å². The molecule has 0 fully saturated rings. The van der Waals surface area contributed by atoms with Crippen LogP contribution in [0.2, 0.25) is 0 Å². The number of hydrazine groups is 1. The van der Waals surface area contributed by atoms with Crippen molar-refractivity contribution in [2.24, 2.45) is 5.84 Å². The summed E-state index contributed by atoms with van der Waals surface area (Å²) in [5.41, 5.74) is 3.84. The number of carbonyl (C=O) groups is 1. The van der Waals surface area contributed by atoms with Crippen molar-refractivity contribution in [1.29, 1.82) is 0 Å². The van der Waals surface area contributed by atoms with Crippen LogP contribution in [0.1, 0.15) is 9.80 Å². The highest BCUT2D eigenvalue weighted by molar-refractivity contribution is 7.12. The Balaban J connectivity index is 2.32. The average Bonchev–Trinajstić information content (AvgIpc) is 2.78. The van der Waals surface area contributed by atoms with Crippen molar-refractivity contribution < 1.29 is 4.79 Å². The zero-order valence-corrected chi connectivity index (χ0v) is 8.62. The highest BCUT2D eigenvalue weighted by Gasteiger charge is 2.09. The van der Waals surface area contributed by atoms with Crippen LogP contribution in [0.25, 0.3) is 11.3 Å². The monoisotopic (exact) mass is 219 g/mol. The molecule has 3 N–H and O–H groups in total. The Bertz CT molecular complexity index is 467. The lowest BCUT2D eigenvalue weighted by Crippen LogP contribution is -2.29. The largest absolute Gasteiger partial charge is 0.294 e. The second kappa shape index (κ2) is 4.20. The molecule has 5 heteroatoms. The Kier molecular flexibility index (Phi) is 2.75. The van der Waals surface area contributed by atoms with E-state index in [1.165, 1.54) is 11.3 Å². The Morgan fingerprint density at radius 3 is 2.73 bits per heavy atom. The molecule has 0 saturated heterocycles. The van der Waals surface area contributed by atoms with Gasteiger partial charge < -0.3 is 0 Å². The minimum absolute atomic E-state index is 0.359. The van der Waals surface area contributed by atoms with Gasteiger partial charge in [-0.2, -0.15) is 0 Å². The minimum Gasteiger partial charge on any atom is -0.288 e. The SMILES string of the molecule is NNC(=O)c1nc(-c2ccccc2)cs1. The third-order valence-corrected chi connectivity index (χ3v) is 2.74. The second-order valence-corrected chi connectivity index (χ2v) is 3.74. The van der Waals surface area contributed by atoms with Crippen molar-refractivity contribution in [1.82, 2.24) is 10.4 Å². The maximum absolute atomic E-state index is 11.2. The molecule has 15 heavy (non-hydrogen) atoms. The normalized spacial score (nSPS) is 9.93. The first-order valence-corrected chi connectivity index (χ1v) is 5.21. The van der Waals surface area contributed by atoms with Gasteiger partial charge in [-0.25, -0.2) is 10.8 Å². The number of thiazole rings is 1. The summed E-state index contributed by atoms with van der Waals surface area (Å²) in [5.74, 6) is 4.66. The third-order valence-electron chi connectivity index (χ3n) is 1.90. The van der Waals surface area contributed by atoms with Gasteiger partial charge >= 0.3 is 0 Å². The van der Waals surface area contributed by atoms with E-state index in [1.54, 1.807) is 0 Å². The standard InChI is InChI=1S/C10H9N3OS/c11-13-9(14)10-12-8(6-15-10)7-4-2-1-3-5-7/h1-6H,11H2,(H,13,14). The summed E-state index contributed by atoms with van der Waals surface area (Å²) in [6.45, 7) is 0. The Morgan fingerprint density at radius 2 is 2.07 bits per heavy atom. The lowest BCUT2D eigenvalue weighted by Gasteiger charge is -1.94. The molecule has 1 aromatic carbocycles. The highest BCUT2D eigenvalue weighted by atomic mass is 32.1. The van der Waals surface area contributed by atoms with Crippen molar-refractivity contribution in [2.45, 2.75) is 0 Å². The number of rotatable bonds is 2. The zero-order valence-electron chi connectivity index (χ0n) is 7.81. The predicted molar refractivity (Wildman–Crippen MR) is 59.2 cm³/mol. The summed E-state index contributed by atoms with van der Waals surface area (Å²) in [6.07, 6.45) is 0. The molecule has 0 bridgehead atoms. The number of hydrogen-bond donors (Lipinski definition) is 2. The van der Waals surface area contributed by atoms with Gasteiger partial charge in [0.2, 0.25) is 0 Å². The van der Waals surface area contributed by atoms with Crippen LogP contribution in [0.5, 0.6) is 0 Å². The molecule has 0 atom stereocenters. The fourth-order valence-corrected chi connectivity index (χ4v) is 1.91. The quantitative estimate of drug-likeness (QED) is 0.456. The maximum Gasteiger partial charge on any atom is 0.294 e. The number of hydrogen-bond acceptors (Lipinski definition) is 4. The maximum atomic E-state index is 11.2. The van der Waals surface area contributed by atoms with Crippen LogP contribution in [0, 0.1) is 0 Å². The molecule has 76 valence electrons. The van der Waals surface area contributed by atoms with Gasteiger partial charge in [-0.05, 0) is 0 Å². The van der Waals surface area contributed by atoms with E-state index in [-0.39, 0.29) is 5.91 Å². The van der Waals surface area contributed by atoms with Crippen molar-refractivity contribution in [3.63, 3.8) is 0 Å². The fourth-order valence-electron chi connectivity index (χ4n) is 1.18. The van der Waals surface area contributed by atoms with Crippen LogP contribution in [0.4, 0.5) is 0 Å². The summed E-state index contributed by atoms with van der Waals surface area (Å²) < 4.78 is 0. The summed E-state index contributed by atoms with van der Waals surface area (Å²) >= 11 is 1.27. The van der Waals surface area contributed by atoms with Crippen LogP contribution < -0.4 is 11.3 Å². The first kappa shape index (κ1) is 9.82. The molecular weight excluding hydrogens is 210 g/mol. The number of aromatic nitrogens is 1. The number of carbonyl (C=O) groups excluding carboxylic acids is 1. The zero-order chi connectivity index (χ0) is 10.7. The Labute approximate surface area is 90.7 Å². The molecule has 0 unspecified atom stereocenters. The van der Waals surface area contributed by atoms with Crippen LogP contribution in [0.3, 0.4) is 0 Å². The van der Waals surface area contributed by atoms with Crippen LogP contribution in [-0.2, 0) is 0 Å². The topological polar surface area (TPSA) is 68.0 Å². The van der Waals surface area contributed by atoms with Crippen molar-refractivity contribution in [3.05, 3.63) is 40.7 Å². The van der Waals surface area contributed by atoms with Gasteiger partial charge in [-0.3, -0.25) is 10.2 Å². The lowest BCUT2D eigenvalue weighted by atomic mass is 10.2. The van der Waals surface area contributed by atoms with Crippen molar-refractivity contribution in [3.8, 4) is 11.3 Å². The van der Waals surface area contributed by atoms with Gasteiger partial charge in [-0.1, -0.05) is 30.3 Å². The number of nitrogens with one attached hydrogen (secondary N) is 1. The molecule has 0 spiro atoms. The summed E-state index contributed by atoms with van der Waals surface area (Å²) in [5, 5.41) is 2.20. The van der Waals surface area contributed by atoms with Gasteiger partial charge in [0.25, 0.3) is 5.91 Å². The van der Waals surface area contributed by atoms with E-state index in [1.807, 2.05) is 35.7 Å². The lowest BCUT2D eigenvalue weighted by molar-refractivity contribution is 0.0953. The molecule has 0 saturated carbocycles. The van der Waals surface area contributed by atoms with E-state index in [0.29, 0.717) is 5.01 Å². The smallest absolute Gasteiger partial charge is 0.288 e. The van der Waals surface area contributed by atoms with Crippen LogP contribution >= 0.6 is 11.3 Å². The number of amides is 1. The summed E-state index contributed by atoms with van der Waals surface area (Å²) in [4.78, 5) is 15.3. The fraction of sp³-hybridized carbons (Fsp3) is 0. The van der Waals surface area contributed by atoms with Gasteiger partial charge in [0, 0.05) is 10.9 Å². The minimum atomic E-state index is -0.359. The summed E-state index contributed by atoms with van der Waals surface area (Å²) in [7, 11) is 0. The second-order valence-electron chi connectivity index (χ2n) is 2.88. The van der Waals surface area contributed by atoms with E-state index in [2.05, 4.69) is 10.4 Å². The molecule has 0 aliphatic rings. The molecule has 0 aliphatic heterocycles. The van der Waals surface area contributed by atoms with Gasteiger partial charge in [0.1, 0.15) is 0 Å². The molecule has 0 radical (unpaired) electrons. The summed E-state index contributed by atoms with van der Waals surface area (Å²) in [6, 6.07) is 9.68. The predicted octanol–water partition coefficient (Wildman–Crippen LogP) is 1.41. The van der Waals surface area contributed by atoms with Crippen molar-refractivity contribution in [2.75, 3.05) is 0 Å². The van der Waals surface area contributed by atoms with E-state index in [9.17, 15) is 4.79 Å². The van der Waals surface area contributed by atoms with Gasteiger partial charge in [0.05, 0.1) is 5.69 Å².